The number of unbranched alkanes of at least 4 members (excludes halogenated alkanes) is 7. The number of hydrogen-bond acceptors (Lipinski definition) is 12. The van der Waals surface area contributed by atoms with E-state index >= 15 is 0 Å². The SMILES string of the molecule is CCCCC/C=C\C/C=C\C/C=C\C/C=C\CCCC(=O)OC[C@H](COP(=O)([O-])OCC[N+](C)(C)C)OC(=O)CCC/C=C\C[C@H]1[C@@H](O)CC(O)O[C@@H]1/C=C/[C@@H](O)CCCCC. The van der Waals surface area contributed by atoms with Crippen molar-refractivity contribution in [2.24, 2.45) is 5.92 Å². The molecule has 2 unspecified atom stereocenters. The summed E-state index contributed by atoms with van der Waals surface area (Å²) in [7, 11) is 0.957. The normalized spacial score (nSPS) is 20.9. The van der Waals surface area contributed by atoms with Gasteiger partial charge < -0.3 is 48.0 Å². The summed E-state index contributed by atoms with van der Waals surface area (Å²) in [4.78, 5) is 37.8. The van der Waals surface area contributed by atoms with Gasteiger partial charge in [0.2, 0.25) is 0 Å². The van der Waals surface area contributed by atoms with Crippen LogP contribution >= 0.6 is 7.82 Å². The zero-order chi connectivity index (χ0) is 45.9. The molecule has 0 amide bonds. The lowest BCUT2D eigenvalue weighted by atomic mass is 9.87. The van der Waals surface area contributed by atoms with E-state index in [-0.39, 0.29) is 38.4 Å². The van der Waals surface area contributed by atoms with Crippen molar-refractivity contribution in [3.8, 4) is 0 Å². The van der Waals surface area contributed by atoms with Crippen LogP contribution in [-0.2, 0) is 37.4 Å². The molecule has 62 heavy (non-hydrogen) atoms. The second-order valence-corrected chi connectivity index (χ2v) is 18.3. The number of phosphoric ester groups is 1. The molecule has 0 aromatic heterocycles. The minimum absolute atomic E-state index is 0.0154. The lowest BCUT2D eigenvalue weighted by Crippen LogP contribution is -2.43. The zero-order valence-electron chi connectivity index (χ0n) is 38.6. The fourth-order valence-corrected chi connectivity index (χ4v) is 7.00. The molecule has 0 aliphatic carbocycles. The van der Waals surface area contributed by atoms with Crippen LogP contribution in [0, 0.1) is 5.92 Å². The van der Waals surface area contributed by atoms with Crippen molar-refractivity contribution < 1.29 is 62.1 Å². The number of quaternary nitrogens is 1. The van der Waals surface area contributed by atoms with Crippen molar-refractivity contribution in [3.63, 3.8) is 0 Å². The minimum atomic E-state index is -4.72. The predicted molar refractivity (Wildman–Crippen MR) is 244 cm³/mol. The van der Waals surface area contributed by atoms with Crippen molar-refractivity contribution in [3.05, 3.63) is 72.9 Å². The van der Waals surface area contributed by atoms with E-state index in [4.69, 9.17) is 23.3 Å². The summed E-state index contributed by atoms with van der Waals surface area (Å²) in [5, 5.41) is 31.0. The van der Waals surface area contributed by atoms with E-state index < -0.39 is 57.1 Å². The molecule has 14 heteroatoms. The molecule has 0 aromatic rings. The number of hydrogen-bond donors (Lipinski definition) is 3. The van der Waals surface area contributed by atoms with Gasteiger partial charge in [-0.15, -0.1) is 0 Å². The number of esters is 2. The van der Waals surface area contributed by atoms with Crippen LogP contribution in [-0.4, -0.2) is 110 Å². The van der Waals surface area contributed by atoms with Gasteiger partial charge in [-0.05, 0) is 70.6 Å². The van der Waals surface area contributed by atoms with Crippen LogP contribution in [0.15, 0.2) is 72.9 Å². The number of rotatable bonds is 36. The first kappa shape index (κ1) is 57.3. The van der Waals surface area contributed by atoms with E-state index in [0.29, 0.717) is 49.6 Å². The number of ether oxygens (including phenoxy) is 3. The predicted octanol–water partition coefficient (Wildman–Crippen LogP) is 8.49. The summed E-state index contributed by atoms with van der Waals surface area (Å²) in [6.45, 7) is 3.69. The molecule has 1 rings (SSSR count). The fraction of sp³-hybridized carbons (Fsp3) is 0.708. The van der Waals surface area contributed by atoms with Crippen LogP contribution in [0.1, 0.15) is 136 Å². The second-order valence-electron chi connectivity index (χ2n) is 16.9. The molecule has 7 atom stereocenters. The molecule has 1 aliphatic heterocycles. The molecule has 1 aliphatic rings. The minimum Gasteiger partial charge on any atom is -0.756 e. The highest BCUT2D eigenvalue weighted by Gasteiger charge is 2.35. The standard InChI is InChI=1S/C48H82NO12P/c1-6-8-10-11-12-13-14-15-16-17-18-19-20-21-22-23-28-32-46(52)57-39-42(40-59-62(55,56)58-37-36-49(3,4)5)60-47(53)33-29-25-24-27-31-43-44(51)38-48(54)61-45(43)35-34-41(50)30-26-9-7-2/h12-13,15-16,18-19,21-22,24,27,34-35,41-45,48,50-51,54H,6-11,14,17,20,23,25-26,28-33,36-40H2,1-5H3/b13-12-,16-15-,19-18-,22-21-,27-24-,35-34+/t41-,42+,43-,44-,45+,48?/m0/s1. The Morgan fingerprint density at radius 1 is 0.774 bits per heavy atom. The molecule has 13 nitrogen and oxygen atoms in total. The average molecular weight is 896 g/mol. The smallest absolute Gasteiger partial charge is 0.306 e. The van der Waals surface area contributed by atoms with Gasteiger partial charge in [-0.25, -0.2) is 0 Å². The Kier molecular flexibility index (Phi) is 32.9. The first-order chi connectivity index (χ1) is 29.7. The van der Waals surface area contributed by atoms with Gasteiger partial charge in [0, 0.05) is 25.2 Å². The largest absolute Gasteiger partial charge is 0.756 e. The average Bonchev–Trinajstić information content (AvgIpc) is 3.20. The van der Waals surface area contributed by atoms with E-state index in [1.165, 1.54) is 19.3 Å². The van der Waals surface area contributed by atoms with Gasteiger partial charge in [0.25, 0.3) is 7.82 Å². The van der Waals surface area contributed by atoms with Crippen molar-refractivity contribution in [2.75, 3.05) is 47.5 Å². The summed E-state index contributed by atoms with van der Waals surface area (Å²) < 4.78 is 39.5. The summed E-state index contributed by atoms with van der Waals surface area (Å²) in [5.74, 6) is -1.43. The van der Waals surface area contributed by atoms with Crippen LogP contribution < -0.4 is 4.89 Å². The quantitative estimate of drug-likeness (QED) is 0.0180. The zero-order valence-corrected chi connectivity index (χ0v) is 39.5. The summed E-state index contributed by atoms with van der Waals surface area (Å²) in [5.41, 5.74) is 0. The van der Waals surface area contributed by atoms with Gasteiger partial charge in [-0.1, -0.05) is 119 Å². The maximum atomic E-state index is 12.8. The van der Waals surface area contributed by atoms with Crippen LogP contribution in [0.3, 0.4) is 0 Å². The van der Waals surface area contributed by atoms with Crippen LogP contribution in [0.4, 0.5) is 0 Å². The molecule has 356 valence electrons. The van der Waals surface area contributed by atoms with Gasteiger partial charge in [0.05, 0.1) is 46.1 Å². The Bertz CT molecular complexity index is 1400. The molecule has 0 spiro atoms. The Balaban J connectivity index is 2.57. The van der Waals surface area contributed by atoms with E-state index in [9.17, 15) is 34.4 Å². The van der Waals surface area contributed by atoms with Crippen molar-refractivity contribution in [1.29, 1.82) is 0 Å². The summed E-state index contributed by atoms with van der Waals surface area (Å²) in [6.07, 6.45) is 34.1. The van der Waals surface area contributed by atoms with Gasteiger partial charge in [0.1, 0.15) is 19.8 Å². The molecule has 0 saturated carbocycles. The summed E-state index contributed by atoms with van der Waals surface area (Å²) in [6, 6.07) is 0. The molecule has 0 bridgehead atoms. The highest BCUT2D eigenvalue weighted by Crippen LogP contribution is 2.38. The monoisotopic (exact) mass is 896 g/mol. The van der Waals surface area contributed by atoms with Crippen LogP contribution in [0.2, 0.25) is 0 Å². The Morgan fingerprint density at radius 2 is 1.34 bits per heavy atom. The topological polar surface area (TPSA) is 181 Å². The van der Waals surface area contributed by atoms with E-state index in [1.807, 2.05) is 39.4 Å². The molecule has 0 radical (unpaired) electrons. The van der Waals surface area contributed by atoms with Crippen molar-refractivity contribution in [2.45, 2.75) is 167 Å². The number of aliphatic hydroxyl groups excluding tert-OH is 3. The van der Waals surface area contributed by atoms with Crippen LogP contribution in [0.25, 0.3) is 0 Å². The fourth-order valence-electron chi connectivity index (χ4n) is 6.27. The number of aliphatic hydroxyl groups is 3. The molecule has 1 saturated heterocycles. The Labute approximate surface area is 373 Å². The molecule has 1 fully saturated rings. The van der Waals surface area contributed by atoms with E-state index in [2.05, 4.69) is 56.4 Å². The number of phosphoric acid groups is 1. The van der Waals surface area contributed by atoms with Gasteiger partial charge >= 0.3 is 11.9 Å². The Hall–Kier alpha value is -2.71. The summed E-state index contributed by atoms with van der Waals surface area (Å²) >= 11 is 0. The number of allylic oxidation sites excluding steroid dienone is 10. The maximum absolute atomic E-state index is 12.8. The molecular formula is C48H82NO12P. The molecular weight excluding hydrogens is 813 g/mol. The van der Waals surface area contributed by atoms with Crippen LogP contribution in [0.5, 0.6) is 0 Å². The lowest BCUT2D eigenvalue weighted by Gasteiger charge is -2.36. The highest BCUT2D eigenvalue weighted by molar-refractivity contribution is 7.45. The lowest BCUT2D eigenvalue weighted by molar-refractivity contribution is -0.870. The second kappa shape index (κ2) is 35.6. The first-order valence-corrected chi connectivity index (χ1v) is 24.5. The number of carbonyl (C=O) groups is 2. The van der Waals surface area contributed by atoms with Gasteiger partial charge in [0.15, 0.2) is 12.4 Å². The molecule has 0 aromatic carbocycles. The highest BCUT2D eigenvalue weighted by atomic mass is 31.2. The third-order valence-corrected chi connectivity index (χ3v) is 11.0. The van der Waals surface area contributed by atoms with Gasteiger partial charge in [-0.3, -0.25) is 14.2 Å². The third kappa shape index (κ3) is 32.9. The van der Waals surface area contributed by atoms with Crippen molar-refractivity contribution in [1.82, 2.24) is 0 Å². The maximum Gasteiger partial charge on any atom is 0.306 e. The number of likely N-dealkylation sites (N-methyl/N-ethyl adjacent to an activating group) is 1. The van der Waals surface area contributed by atoms with E-state index in [1.54, 1.807) is 12.2 Å². The first-order valence-electron chi connectivity index (χ1n) is 23.0. The molecule has 3 N–H and O–H groups in total. The van der Waals surface area contributed by atoms with Crippen molar-refractivity contribution >= 4 is 19.8 Å². The van der Waals surface area contributed by atoms with Gasteiger partial charge in [-0.2, -0.15) is 0 Å². The number of nitrogens with zero attached hydrogens (tertiary/aromatic N) is 1. The molecule has 1 heterocycles. The Morgan fingerprint density at radius 3 is 1.95 bits per heavy atom. The third-order valence-electron chi connectivity index (χ3n) is 9.99. The van der Waals surface area contributed by atoms with E-state index in [0.717, 1.165) is 44.9 Å². The number of carbonyl (C=O) groups excluding carboxylic acids is 2.